The number of carbonyl (C=O) groups excluding carboxylic acids is 1. The van der Waals surface area contributed by atoms with Gasteiger partial charge in [0.2, 0.25) is 5.91 Å². The molecular formula is C12H18N2O2. The normalized spacial score (nSPS) is 19.9. The lowest BCUT2D eigenvalue weighted by molar-refractivity contribution is -0.130. The second-order valence-electron chi connectivity index (χ2n) is 4.65. The molecule has 0 saturated heterocycles. The standard InChI is InChI=1S/C12H18N2O2/c1-8-4-5-10(16-8)9(2)14-11(15)12(13)6-3-7-12/h4-5,9H,3,6-7,13H2,1-2H3,(H,14,15). The minimum Gasteiger partial charge on any atom is -0.464 e. The summed E-state index contributed by atoms with van der Waals surface area (Å²) in [6.07, 6.45) is 2.60. The van der Waals surface area contributed by atoms with E-state index in [-0.39, 0.29) is 11.9 Å². The number of nitrogens with two attached hydrogens (primary N) is 1. The minimum absolute atomic E-state index is 0.0692. The molecule has 1 aromatic rings. The van der Waals surface area contributed by atoms with Gasteiger partial charge in [0.15, 0.2) is 0 Å². The predicted octanol–water partition coefficient (Wildman–Crippen LogP) is 1.65. The summed E-state index contributed by atoms with van der Waals surface area (Å²) in [6.45, 7) is 3.78. The number of aryl methyl sites for hydroxylation is 1. The van der Waals surface area contributed by atoms with Crippen LogP contribution in [0.5, 0.6) is 0 Å². The molecule has 1 unspecified atom stereocenters. The van der Waals surface area contributed by atoms with Crippen molar-refractivity contribution in [2.75, 3.05) is 0 Å². The molecule has 1 aliphatic rings. The Kier molecular flexibility index (Phi) is 2.76. The first kappa shape index (κ1) is 11.2. The zero-order chi connectivity index (χ0) is 11.8. The molecule has 0 bridgehead atoms. The average molecular weight is 222 g/mol. The van der Waals surface area contributed by atoms with Crippen molar-refractivity contribution in [3.63, 3.8) is 0 Å². The molecule has 1 aliphatic carbocycles. The molecular weight excluding hydrogens is 204 g/mol. The van der Waals surface area contributed by atoms with Gasteiger partial charge in [0.1, 0.15) is 11.5 Å². The number of furan rings is 1. The van der Waals surface area contributed by atoms with Gasteiger partial charge >= 0.3 is 0 Å². The smallest absolute Gasteiger partial charge is 0.240 e. The largest absolute Gasteiger partial charge is 0.464 e. The quantitative estimate of drug-likeness (QED) is 0.817. The lowest BCUT2D eigenvalue weighted by Gasteiger charge is -2.36. The van der Waals surface area contributed by atoms with Gasteiger partial charge in [-0.25, -0.2) is 0 Å². The maximum atomic E-state index is 11.9. The molecule has 1 heterocycles. The van der Waals surface area contributed by atoms with E-state index >= 15 is 0 Å². The molecule has 0 radical (unpaired) electrons. The summed E-state index contributed by atoms with van der Waals surface area (Å²) in [7, 11) is 0. The molecule has 1 fully saturated rings. The van der Waals surface area contributed by atoms with E-state index in [0.717, 1.165) is 30.8 Å². The number of hydrogen-bond donors (Lipinski definition) is 2. The van der Waals surface area contributed by atoms with Crippen molar-refractivity contribution in [2.45, 2.75) is 44.7 Å². The molecule has 4 heteroatoms. The summed E-state index contributed by atoms with van der Waals surface area (Å²) in [5, 5.41) is 2.89. The van der Waals surface area contributed by atoms with Crippen molar-refractivity contribution in [3.8, 4) is 0 Å². The molecule has 1 saturated carbocycles. The first-order chi connectivity index (χ1) is 7.51. The average Bonchev–Trinajstić information content (AvgIpc) is 2.61. The maximum absolute atomic E-state index is 11.9. The van der Waals surface area contributed by atoms with Crippen LogP contribution in [0.4, 0.5) is 0 Å². The SMILES string of the molecule is Cc1ccc(C(C)NC(=O)C2(N)CCC2)o1. The number of nitrogens with one attached hydrogen (secondary N) is 1. The van der Waals surface area contributed by atoms with Crippen molar-refractivity contribution in [2.24, 2.45) is 5.73 Å². The van der Waals surface area contributed by atoms with Gasteiger partial charge in [-0.2, -0.15) is 0 Å². The monoisotopic (exact) mass is 222 g/mol. The molecule has 0 spiro atoms. The van der Waals surface area contributed by atoms with Crippen LogP contribution >= 0.6 is 0 Å². The molecule has 0 aromatic carbocycles. The topological polar surface area (TPSA) is 68.3 Å². The lowest BCUT2D eigenvalue weighted by atomic mass is 9.77. The molecule has 1 amide bonds. The molecule has 0 aliphatic heterocycles. The Hall–Kier alpha value is -1.29. The van der Waals surface area contributed by atoms with E-state index in [9.17, 15) is 4.79 Å². The van der Waals surface area contributed by atoms with Gasteiger partial charge in [0.05, 0.1) is 11.6 Å². The number of amides is 1. The molecule has 2 rings (SSSR count). The van der Waals surface area contributed by atoms with Crippen LogP contribution in [-0.2, 0) is 4.79 Å². The maximum Gasteiger partial charge on any atom is 0.240 e. The van der Waals surface area contributed by atoms with E-state index in [4.69, 9.17) is 10.2 Å². The fourth-order valence-corrected chi connectivity index (χ4v) is 1.88. The summed E-state index contributed by atoms with van der Waals surface area (Å²) in [5.41, 5.74) is 5.29. The highest BCUT2D eigenvalue weighted by atomic mass is 16.3. The van der Waals surface area contributed by atoms with Gasteiger partial charge < -0.3 is 15.5 Å². The van der Waals surface area contributed by atoms with Crippen LogP contribution in [0.15, 0.2) is 16.5 Å². The molecule has 4 nitrogen and oxygen atoms in total. The Balaban J connectivity index is 1.97. The van der Waals surface area contributed by atoms with Gasteiger partial charge in [-0.15, -0.1) is 0 Å². The lowest BCUT2D eigenvalue weighted by Crippen LogP contribution is -2.58. The summed E-state index contributed by atoms with van der Waals surface area (Å²) >= 11 is 0. The fraction of sp³-hybridized carbons (Fsp3) is 0.583. The van der Waals surface area contributed by atoms with E-state index in [2.05, 4.69) is 5.32 Å². The highest BCUT2D eigenvalue weighted by Gasteiger charge is 2.40. The van der Waals surface area contributed by atoms with E-state index in [1.165, 1.54) is 0 Å². The van der Waals surface area contributed by atoms with E-state index < -0.39 is 5.54 Å². The van der Waals surface area contributed by atoms with Crippen LogP contribution in [0.3, 0.4) is 0 Å². The van der Waals surface area contributed by atoms with Gasteiger partial charge in [-0.1, -0.05) is 0 Å². The van der Waals surface area contributed by atoms with Crippen LogP contribution in [0.25, 0.3) is 0 Å². The summed E-state index contributed by atoms with van der Waals surface area (Å²) in [5.74, 6) is 1.55. The van der Waals surface area contributed by atoms with Gasteiger partial charge in [-0.3, -0.25) is 4.79 Å². The zero-order valence-corrected chi connectivity index (χ0v) is 9.75. The van der Waals surface area contributed by atoms with Gasteiger partial charge in [0, 0.05) is 0 Å². The first-order valence-electron chi connectivity index (χ1n) is 5.67. The van der Waals surface area contributed by atoms with E-state index in [1.54, 1.807) is 0 Å². The highest BCUT2D eigenvalue weighted by Crippen LogP contribution is 2.30. The van der Waals surface area contributed by atoms with Crippen molar-refractivity contribution in [1.29, 1.82) is 0 Å². The van der Waals surface area contributed by atoms with Crippen LogP contribution in [0, 0.1) is 6.92 Å². The third-order valence-electron chi connectivity index (χ3n) is 3.23. The Morgan fingerprint density at radius 1 is 1.56 bits per heavy atom. The van der Waals surface area contributed by atoms with Crippen LogP contribution in [-0.4, -0.2) is 11.4 Å². The Morgan fingerprint density at radius 3 is 2.69 bits per heavy atom. The van der Waals surface area contributed by atoms with Gasteiger partial charge in [-0.05, 0) is 45.2 Å². The fourth-order valence-electron chi connectivity index (χ4n) is 1.88. The van der Waals surface area contributed by atoms with Crippen molar-refractivity contribution >= 4 is 5.91 Å². The second-order valence-corrected chi connectivity index (χ2v) is 4.65. The summed E-state index contributed by atoms with van der Waals surface area (Å²) < 4.78 is 5.45. The molecule has 16 heavy (non-hydrogen) atoms. The molecule has 3 N–H and O–H groups in total. The van der Waals surface area contributed by atoms with Crippen molar-refractivity contribution < 1.29 is 9.21 Å². The Morgan fingerprint density at radius 2 is 2.25 bits per heavy atom. The Labute approximate surface area is 95.2 Å². The minimum atomic E-state index is -0.643. The Bertz CT molecular complexity index is 393. The second kappa shape index (κ2) is 3.94. The van der Waals surface area contributed by atoms with Crippen LogP contribution in [0.2, 0.25) is 0 Å². The van der Waals surface area contributed by atoms with E-state index in [1.807, 2.05) is 26.0 Å². The number of hydrogen-bond acceptors (Lipinski definition) is 3. The third-order valence-corrected chi connectivity index (χ3v) is 3.23. The molecule has 88 valence electrons. The summed E-state index contributed by atoms with van der Waals surface area (Å²) in [6, 6.07) is 3.64. The van der Waals surface area contributed by atoms with Crippen molar-refractivity contribution in [1.82, 2.24) is 5.32 Å². The van der Waals surface area contributed by atoms with Crippen LogP contribution in [0.1, 0.15) is 43.7 Å². The van der Waals surface area contributed by atoms with Crippen molar-refractivity contribution in [3.05, 3.63) is 23.7 Å². The predicted molar refractivity (Wildman–Crippen MR) is 60.8 cm³/mol. The summed E-state index contributed by atoms with van der Waals surface area (Å²) in [4.78, 5) is 11.9. The molecule has 1 atom stereocenters. The van der Waals surface area contributed by atoms with Crippen LogP contribution < -0.4 is 11.1 Å². The number of rotatable bonds is 3. The number of carbonyl (C=O) groups is 1. The van der Waals surface area contributed by atoms with E-state index in [0.29, 0.717) is 0 Å². The first-order valence-corrected chi connectivity index (χ1v) is 5.67. The highest BCUT2D eigenvalue weighted by molar-refractivity contribution is 5.87. The third kappa shape index (κ3) is 1.97. The molecule has 1 aromatic heterocycles. The van der Waals surface area contributed by atoms with Gasteiger partial charge in [0.25, 0.3) is 0 Å². The zero-order valence-electron chi connectivity index (χ0n) is 9.75.